The summed E-state index contributed by atoms with van der Waals surface area (Å²) in [6, 6.07) is 4.57. The highest BCUT2D eigenvalue weighted by Crippen LogP contribution is 2.16. The highest BCUT2D eigenvalue weighted by atomic mass is 15.1. The van der Waals surface area contributed by atoms with E-state index in [-0.39, 0.29) is 0 Å². The third-order valence-electron chi connectivity index (χ3n) is 2.83. The number of aromatic nitrogens is 1. The van der Waals surface area contributed by atoms with E-state index in [4.69, 9.17) is 0 Å². The molecule has 0 saturated carbocycles. The molecule has 0 fully saturated rings. The lowest BCUT2D eigenvalue weighted by atomic mass is 10.0. The van der Waals surface area contributed by atoms with Gasteiger partial charge in [-0.3, -0.25) is 0 Å². The number of hydrogen-bond acceptors (Lipinski definition) is 4. The third kappa shape index (κ3) is 6.43. The first-order valence-electron chi connectivity index (χ1n) is 7.12. The fourth-order valence-corrected chi connectivity index (χ4v) is 2.22. The minimum atomic E-state index is 0.465. The highest BCUT2D eigenvalue weighted by molar-refractivity contribution is 5.52. The van der Waals surface area contributed by atoms with Crippen LogP contribution >= 0.6 is 0 Å². The van der Waals surface area contributed by atoms with Gasteiger partial charge in [-0.15, -0.1) is 0 Å². The van der Waals surface area contributed by atoms with E-state index < -0.39 is 0 Å². The van der Waals surface area contributed by atoms with Gasteiger partial charge >= 0.3 is 0 Å². The van der Waals surface area contributed by atoms with Crippen molar-refractivity contribution in [3.63, 3.8) is 0 Å². The van der Waals surface area contributed by atoms with E-state index >= 15 is 0 Å². The molecular weight excluding hydrogens is 236 g/mol. The normalized spacial score (nSPS) is 12.8. The zero-order valence-electron chi connectivity index (χ0n) is 12.9. The molecule has 1 unspecified atom stereocenters. The van der Waals surface area contributed by atoms with Crippen LogP contribution in [-0.4, -0.2) is 43.1 Å². The van der Waals surface area contributed by atoms with Crippen molar-refractivity contribution in [1.29, 1.82) is 0 Å². The summed E-state index contributed by atoms with van der Waals surface area (Å²) in [6.07, 6.45) is 3.01. The highest BCUT2D eigenvalue weighted by Gasteiger charge is 2.12. The Kier molecular flexibility index (Phi) is 6.64. The number of hydrogen-bond donors (Lipinski definition) is 2. The maximum absolute atomic E-state index is 4.30. The molecule has 1 aromatic heterocycles. The molecule has 4 nitrogen and oxygen atoms in total. The lowest BCUT2D eigenvalue weighted by molar-refractivity contribution is 0.356. The third-order valence-corrected chi connectivity index (χ3v) is 2.83. The minimum absolute atomic E-state index is 0.465. The van der Waals surface area contributed by atoms with Crippen molar-refractivity contribution in [1.82, 2.24) is 9.88 Å². The van der Waals surface area contributed by atoms with Crippen molar-refractivity contribution >= 4 is 11.5 Å². The van der Waals surface area contributed by atoms with E-state index in [0.717, 1.165) is 31.0 Å². The van der Waals surface area contributed by atoms with Crippen LogP contribution in [0.4, 0.5) is 11.5 Å². The molecule has 0 saturated heterocycles. The molecule has 0 spiro atoms. The van der Waals surface area contributed by atoms with Crippen LogP contribution in [0.5, 0.6) is 0 Å². The topological polar surface area (TPSA) is 40.2 Å². The zero-order chi connectivity index (χ0) is 14.3. The summed E-state index contributed by atoms with van der Waals surface area (Å²) < 4.78 is 0. The molecule has 0 aliphatic carbocycles. The SMILES string of the molecule is CCNc1cc(NC(CC(C)C)CN(C)C)ccn1. The number of nitrogens with one attached hydrogen (secondary N) is 2. The molecule has 2 N–H and O–H groups in total. The Labute approximate surface area is 117 Å². The Hall–Kier alpha value is -1.29. The maximum Gasteiger partial charge on any atom is 0.127 e. The first-order valence-corrected chi connectivity index (χ1v) is 7.12. The van der Waals surface area contributed by atoms with Crippen LogP contribution in [0, 0.1) is 5.92 Å². The molecule has 19 heavy (non-hydrogen) atoms. The molecule has 1 atom stereocenters. The maximum atomic E-state index is 4.30. The first-order chi connectivity index (χ1) is 9.01. The van der Waals surface area contributed by atoms with Crippen molar-refractivity contribution in [3.05, 3.63) is 18.3 Å². The van der Waals surface area contributed by atoms with Crippen molar-refractivity contribution < 1.29 is 0 Å². The standard InChI is InChI=1S/C15H28N4/c1-6-16-15-10-13(7-8-17-15)18-14(9-12(2)3)11-19(4)5/h7-8,10,12,14H,6,9,11H2,1-5H3,(H2,16,17,18). The predicted octanol–water partition coefficient (Wildman–Crippen LogP) is 2.90. The molecule has 1 heterocycles. The van der Waals surface area contributed by atoms with E-state index in [0.29, 0.717) is 12.0 Å². The van der Waals surface area contributed by atoms with Gasteiger partial charge in [0.2, 0.25) is 0 Å². The van der Waals surface area contributed by atoms with E-state index in [1.165, 1.54) is 0 Å². The van der Waals surface area contributed by atoms with Crippen LogP contribution in [0.2, 0.25) is 0 Å². The van der Waals surface area contributed by atoms with Crippen molar-refractivity contribution in [2.45, 2.75) is 33.2 Å². The smallest absolute Gasteiger partial charge is 0.127 e. The molecule has 0 aliphatic rings. The second kappa shape index (κ2) is 8.00. The average molecular weight is 264 g/mol. The number of nitrogens with zero attached hydrogens (tertiary/aromatic N) is 2. The van der Waals surface area contributed by atoms with E-state index in [9.17, 15) is 0 Å². The molecule has 0 aromatic carbocycles. The van der Waals surface area contributed by atoms with Crippen LogP contribution in [0.3, 0.4) is 0 Å². The molecular formula is C15H28N4. The molecule has 4 heteroatoms. The van der Waals surface area contributed by atoms with Gasteiger partial charge in [0.15, 0.2) is 0 Å². The van der Waals surface area contributed by atoms with E-state index in [1.807, 2.05) is 12.3 Å². The van der Waals surface area contributed by atoms with Crippen LogP contribution < -0.4 is 10.6 Å². The van der Waals surface area contributed by atoms with Gasteiger partial charge in [0.25, 0.3) is 0 Å². The first kappa shape index (κ1) is 15.8. The predicted molar refractivity (Wildman–Crippen MR) is 83.8 cm³/mol. The molecule has 1 aromatic rings. The summed E-state index contributed by atoms with van der Waals surface area (Å²) >= 11 is 0. The summed E-state index contributed by atoms with van der Waals surface area (Å²) in [5, 5.41) is 6.86. The molecule has 108 valence electrons. The quantitative estimate of drug-likeness (QED) is 0.757. The molecule has 0 radical (unpaired) electrons. The number of likely N-dealkylation sites (N-methyl/N-ethyl adjacent to an activating group) is 1. The second-order valence-electron chi connectivity index (χ2n) is 5.69. The van der Waals surface area contributed by atoms with Crippen LogP contribution in [0.15, 0.2) is 18.3 Å². The Morgan fingerprint density at radius 3 is 2.63 bits per heavy atom. The molecule has 0 aliphatic heterocycles. The monoisotopic (exact) mass is 264 g/mol. The average Bonchev–Trinajstić information content (AvgIpc) is 2.27. The van der Waals surface area contributed by atoms with Crippen LogP contribution in [0.25, 0.3) is 0 Å². The van der Waals surface area contributed by atoms with Gasteiger partial charge in [-0.05, 0) is 39.4 Å². The second-order valence-corrected chi connectivity index (χ2v) is 5.69. The summed E-state index contributed by atoms with van der Waals surface area (Å²) in [4.78, 5) is 6.53. The number of pyridine rings is 1. The van der Waals surface area contributed by atoms with Crippen molar-refractivity contribution in [2.24, 2.45) is 5.92 Å². The van der Waals surface area contributed by atoms with Crippen molar-refractivity contribution in [2.75, 3.05) is 37.8 Å². The molecule has 0 bridgehead atoms. The summed E-state index contributed by atoms with van der Waals surface area (Å²) in [5.41, 5.74) is 1.14. The Bertz CT molecular complexity index is 353. The number of anilines is 2. The van der Waals surface area contributed by atoms with Crippen LogP contribution in [-0.2, 0) is 0 Å². The Morgan fingerprint density at radius 2 is 2.05 bits per heavy atom. The van der Waals surface area contributed by atoms with Gasteiger partial charge in [0.1, 0.15) is 5.82 Å². The fourth-order valence-electron chi connectivity index (χ4n) is 2.22. The molecule has 0 amide bonds. The fraction of sp³-hybridized carbons (Fsp3) is 0.667. The van der Waals surface area contributed by atoms with E-state index in [1.54, 1.807) is 0 Å². The summed E-state index contributed by atoms with van der Waals surface area (Å²) in [6.45, 7) is 8.54. The summed E-state index contributed by atoms with van der Waals surface area (Å²) in [7, 11) is 4.23. The van der Waals surface area contributed by atoms with Crippen molar-refractivity contribution in [3.8, 4) is 0 Å². The minimum Gasteiger partial charge on any atom is -0.381 e. The van der Waals surface area contributed by atoms with Gasteiger partial charge in [0.05, 0.1) is 0 Å². The van der Waals surface area contributed by atoms with Gasteiger partial charge in [0, 0.05) is 37.1 Å². The number of rotatable bonds is 8. The van der Waals surface area contributed by atoms with E-state index in [2.05, 4.69) is 61.5 Å². The van der Waals surface area contributed by atoms with Crippen LogP contribution in [0.1, 0.15) is 27.2 Å². The lowest BCUT2D eigenvalue weighted by Gasteiger charge is -2.25. The molecule has 1 rings (SSSR count). The summed E-state index contributed by atoms with van der Waals surface area (Å²) in [5.74, 6) is 1.62. The van der Waals surface area contributed by atoms with Gasteiger partial charge < -0.3 is 15.5 Å². The van der Waals surface area contributed by atoms with Gasteiger partial charge in [-0.1, -0.05) is 13.8 Å². The van der Waals surface area contributed by atoms with Gasteiger partial charge in [-0.2, -0.15) is 0 Å². The Balaban J connectivity index is 2.68. The zero-order valence-corrected chi connectivity index (χ0v) is 12.9. The largest absolute Gasteiger partial charge is 0.381 e. The Morgan fingerprint density at radius 1 is 1.32 bits per heavy atom. The lowest BCUT2D eigenvalue weighted by Crippen LogP contribution is -2.33. The van der Waals surface area contributed by atoms with Gasteiger partial charge in [-0.25, -0.2) is 4.98 Å².